The van der Waals surface area contributed by atoms with Gasteiger partial charge in [-0.05, 0) is 19.3 Å². The molecule has 3 unspecified atom stereocenters. The van der Waals surface area contributed by atoms with Gasteiger partial charge < -0.3 is 28.8 Å². The first-order chi connectivity index (χ1) is 36.0. The number of quaternary nitrogens is 1. The second-order valence-corrected chi connectivity index (χ2v) is 25.6. The fourth-order valence-corrected chi connectivity index (χ4v) is 11.1. The summed E-state index contributed by atoms with van der Waals surface area (Å²) in [7, 11) is 1.28. The first-order valence-electron chi connectivity index (χ1n) is 33.1. The average Bonchev–Trinajstić information content (AvgIpc) is 3.36. The maximum absolute atomic E-state index is 13.0. The van der Waals surface area contributed by atoms with Crippen LogP contribution in [0.15, 0.2) is 12.2 Å². The van der Waals surface area contributed by atoms with Crippen molar-refractivity contribution in [3.05, 3.63) is 12.2 Å². The van der Waals surface area contributed by atoms with Crippen molar-refractivity contribution < 1.29 is 32.9 Å². The van der Waals surface area contributed by atoms with Crippen molar-refractivity contribution in [3.63, 3.8) is 0 Å². The molecule has 0 aliphatic heterocycles. The molecule has 1 amide bonds. The number of allylic oxidation sites excluding steroid dienone is 1. The van der Waals surface area contributed by atoms with Gasteiger partial charge in [-0.3, -0.25) is 9.36 Å². The van der Waals surface area contributed by atoms with Crippen LogP contribution in [-0.2, 0) is 18.4 Å². The number of carbonyl (C=O) groups excluding carboxylic acids is 1. The molecule has 0 fully saturated rings. The first kappa shape index (κ1) is 73.2. The third-order valence-electron chi connectivity index (χ3n) is 15.5. The van der Waals surface area contributed by atoms with Crippen LogP contribution in [0, 0.1) is 0 Å². The van der Waals surface area contributed by atoms with E-state index in [1.165, 1.54) is 289 Å². The summed E-state index contributed by atoms with van der Waals surface area (Å²) in [6.07, 6.45) is 71.7. The Balaban J connectivity index is 4.08. The van der Waals surface area contributed by atoms with E-state index >= 15 is 0 Å². The minimum absolute atomic E-state index is 0.00293. The number of likely N-dealkylation sites (N-methyl/N-ethyl adjacent to an activating group) is 1. The van der Waals surface area contributed by atoms with Gasteiger partial charge in [0, 0.05) is 6.42 Å². The highest BCUT2D eigenvalue weighted by molar-refractivity contribution is 7.45. The van der Waals surface area contributed by atoms with E-state index in [9.17, 15) is 19.4 Å². The Hall–Kier alpha value is -0.760. The Morgan fingerprint density at radius 3 is 1.01 bits per heavy atom. The molecular weight excluding hydrogens is 936 g/mol. The smallest absolute Gasteiger partial charge is 0.268 e. The second kappa shape index (κ2) is 56.9. The number of amides is 1. The Bertz CT molecular complexity index is 1210. The standard InChI is InChI=1S/C65H131N2O6P/c1-6-8-10-12-14-16-18-20-22-24-26-28-30-32-33-35-37-39-41-43-45-47-49-51-53-55-57-59-65(69)66-63(62-73-74(70,71)72-61-60-67(3,4)5)64(68)58-56-54-52-50-48-46-44-42-40-38-36-34-31-29-27-25-23-21-19-17-15-13-11-9-7-2/h56,58,63-64,68H,6-55,57,59-62H2,1-5H3,(H-,66,69,70,71)/b58-56+. The molecule has 0 radical (unpaired) electrons. The number of aliphatic hydroxyl groups excluding tert-OH is 1. The molecule has 0 spiro atoms. The zero-order valence-electron chi connectivity index (χ0n) is 50.6. The SMILES string of the molecule is CCCCCCCCCCCCCCCCCCCCCCCCC/C=C/C(O)C(COP(=O)([O-])OCC[N+](C)(C)C)NC(=O)CCCCCCCCCCCCCCCCCCCCCCCCCCCCC. The number of hydrogen-bond donors (Lipinski definition) is 2. The topological polar surface area (TPSA) is 108 Å². The zero-order valence-corrected chi connectivity index (χ0v) is 51.5. The van der Waals surface area contributed by atoms with Gasteiger partial charge in [0.25, 0.3) is 7.82 Å². The van der Waals surface area contributed by atoms with Crippen LogP contribution in [-0.4, -0.2) is 68.5 Å². The summed E-state index contributed by atoms with van der Waals surface area (Å²) in [6, 6.07) is -0.883. The largest absolute Gasteiger partial charge is 0.756 e. The van der Waals surface area contributed by atoms with Crippen LogP contribution in [0.5, 0.6) is 0 Å². The summed E-state index contributed by atoms with van der Waals surface area (Å²) in [4.78, 5) is 25.6. The van der Waals surface area contributed by atoms with Crippen molar-refractivity contribution in [2.75, 3.05) is 40.9 Å². The summed E-state index contributed by atoms with van der Waals surface area (Å²) in [5.41, 5.74) is 0. The van der Waals surface area contributed by atoms with Crippen molar-refractivity contribution in [3.8, 4) is 0 Å². The number of nitrogens with one attached hydrogen (secondary N) is 1. The van der Waals surface area contributed by atoms with Crippen LogP contribution in [0.2, 0.25) is 0 Å². The molecule has 0 aromatic rings. The van der Waals surface area contributed by atoms with Crippen molar-refractivity contribution in [2.45, 2.75) is 360 Å². The Morgan fingerprint density at radius 2 is 0.730 bits per heavy atom. The van der Waals surface area contributed by atoms with E-state index in [0.717, 1.165) is 38.5 Å². The molecule has 0 rings (SSSR count). The molecule has 0 heterocycles. The van der Waals surface area contributed by atoms with E-state index in [1.54, 1.807) is 6.08 Å². The van der Waals surface area contributed by atoms with Crippen molar-refractivity contribution in [1.82, 2.24) is 5.32 Å². The van der Waals surface area contributed by atoms with Gasteiger partial charge in [0.1, 0.15) is 13.2 Å². The third kappa shape index (κ3) is 58.9. The maximum atomic E-state index is 13.0. The maximum Gasteiger partial charge on any atom is 0.268 e. The summed E-state index contributed by atoms with van der Waals surface area (Å²) in [5, 5.41) is 14.0. The number of nitrogens with zero attached hydrogens (tertiary/aromatic N) is 1. The molecule has 442 valence electrons. The van der Waals surface area contributed by atoms with E-state index in [4.69, 9.17) is 9.05 Å². The van der Waals surface area contributed by atoms with Gasteiger partial charge in [0.2, 0.25) is 5.91 Å². The van der Waals surface area contributed by atoms with E-state index in [0.29, 0.717) is 17.4 Å². The minimum atomic E-state index is -4.60. The van der Waals surface area contributed by atoms with Crippen LogP contribution in [0.25, 0.3) is 0 Å². The second-order valence-electron chi connectivity index (χ2n) is 24.2. The fraction of sp³-hybridized carbons (Fsp3) is 0.954. The van der Waals surface area contributed by atoms with Gasteiger partial charge in [-0.1, -0.05) is 334 Å². The van der Waals surface area contributed by atoms with Gasteiger partial charge in [-0.2, -0.15) is 0 Å². The summed E-state index contributed by atoms with van der Waals surface area (Å²) in [5.74, 6) is -0.188. The lowest BCUT2D eigenvalue weighted by molar-refractivity contribution is -0.870. The lowest BCUT2D eigenvalue weighted by Crippen LogP contribution is -2.45. The van der Waals surface area contributed by atoms with Crippen LogP contribution in [0.3, 0.4) is 0 Å². The van der Waals surface area contributed by atoms with Crippen molar-refractivity contribution >= 4 is 13.7 Å². The normalized spacial score (nSPS) is 13.8. The highest BCUT2D eigenvalue weighted by atomic mass is 31.2. The molecule has 0 aromatic carbocycles. The van der Waals surface area contributed by atoms with Crippen LogP contribution in [0.1, 0.15) is 348 Å². The van der Waals surface area contributed by atoms with Crippen LogP contribution >= 0.6 is 7.82 Å². The average molecular weight is 1070 g/mol. The highest BCUT2D eigenvalue weighted by Crippen LogP contribution is 2.38. The molecule has 8 nitrogen and oxygen atoms in total. The van der Waals surface area contributed by atoms with E-state index in [2.05, 4.69) is 19.2 Å². The number of carbonyl (C=O) groups is 1. The van der Waals surface area contributed by atoms with Crippen LogP contribution in [0.4, 0.5) is 0 Å². The lowest BCUT2D eigenvalue weighted by Gasteiger charge is -2.29. The first-order valence-corrected chi connectivity index (χ1v) is 34.5. The number of rotatable bonds is 62. The predicted octanol–water partition coefficient (Wildman–Crippen LogP) is 19.9. The molecule has 0 saturated carbocycles. The van der Waals surface area contributed by atoms with Gasteiger partial charge in [-0.25, -0.2) is 0 Å². The van der Waals surface area contributed by atoms with E-state index in [1.807, 2.05) is 27.2 Å². The number of aliphatic hydroxyl groups is 1. The molecule has 0 saturated heterocycles. The number of hydrogen-bond acceptors (Lipinski definition) is 6. The number of phosphoric acid groups is 1. The van der Waals surface area contributed by atoms with Gasteiger partial charge in [-0.15, -0.1) is 0 Å². The molecular formula is C65H131N2O6P. The molecule has 0 aliphatic carbocycles. The molecule has 0 bridgehead atoms. The van der Waals surface area contributed by atoms with Gasteiger partial charge >= 0.3 is 0 Å². The van der Waals surface area contributed by atoms with Gasteiger partial charge in [0.15, 0.2) is 0 Å². The molecule has 2 N–H and O–H groups in total. The molecule has 0 aliphatic rings. The number of unbranched alkanes of at least 4 members (excludes halogenated alkanes) is 49. The summed E-state index contributed by atoms with van der Waals surface area (Å²) in [6.45, 7) is 4.72. The monoisotopic (exact) mass is 1070 g/mol. The molecule has 9 heteroatoms. The quantitative estimate of drug-likeness (QED) is 0.0272. The molecule has 0 aromatic heterocycles. The zero-order chi connectivity index (χ0) is 54.2. The molecule has 3 atom stereocenters. The fourth-order valence-electron chi connectivity index (χ4n) is 10.3. The highest BCUT2D eigenvalue weighted by Gasteiger charge is 2.23. The lowest BCUT2D eigenvalue weighted by atomic mass is 10.0. The van der Waals surface area contributed by atoms with E-state index in [-0.39, 0.29) is 19.1 Å². The van der Waals surface area contributed by atoms with Crippen molar-refractivity contribution in [2.24, 2.45) is 0 Å². The third-order valence-corrected chi connectivity index (χ3v) is 16.5. The number of phosphoric ester groups is 1. The summed E-state index contributed by atoms with van der Waals surface area (Å²) >= 11 is 0. The Labute approximate surface area is 462 Å². The predicted molar refractivity (Wildman–Crippen MR) is 321 cm³/mol. The minimum Gasteiger partial charge on any atom is -0.756 e. The Kier molecular flexibility index (Phi) is 56.4. The van der Waals surface area contributed by atoms with Crippen LogP contribution < -0.4 is 10.2 Å². The van der Waals surface area contributed by atoms with Crippen molar-refractivity contribution in [1.29, 1.82) is 0 Å². The van der Waals surface area contributed by atoms with Gasteiger partial charge in [0.05, 0.1) is 39.9 Å². The Morgan fingerprint density at radius 1 is 0.459 bits per heavy atom. The van der Waals surface area contributed by atoms with E-state index < -0.39 is 20.0 Å². The summed E-state index contributed by atoms with van der Waals surface area (Å²) < 4.78 is 23.4. The molecule has 74 heavy (non-hydrogen) atoms.